The normalized spacial score (nSPS) is 16.3. The molecule has 1 aliphatic rings. The summed E-state index contributed by atoms with van der Waals surface area (Å²) in [7, 11) is -0.262. The van der Waals surface area contributed by atoms with Gasteiger partial charge in [0.25, 0.3) is 0 Å². The monoisotopic (exact) mass is 429 g/mol. The molecule has 0 spiro atoms. The van der Waals surface area contributed by atoms with Gasteiger partial charge in [0, 0.05) is 0 Å². The van der Waals surface area contributed by atoms with Gasteiger partial charge in [-0.25, -0.2) is 0 Å². The average molecular weight is 429 g/mol. The molecule has 0 radical (unpaired) electrons. The second-order valence-electron chi connectivity index (χ2n) is 8.05. The van der Waals surface area contributed by atoms with E-state index in [2.05, 4.69) is 29.6 Å². The fourth-order valence-corrected chi connectivity index (χ4v) is 9.43. The van der Waals surface area contributed by atoms with E-state index in [9.17, 15) is 9.59 Å². The van der Waals surface area contributed by atoms with Gasteiger partial charge in [-0.15, -0.1) is 0 Å². The number of carbonyl (C=O) groups excluding carboxylic acids is 2. The molecule has 0 bridgehead atoms. The molecule has 6 heteroatoms. The second-order valence-corrected chi connectivity index (χ2v) is 12.8. The zero-order chi connectivity index (χ0) is 21.4. The summed E-state index contributed by atoms with van der Waals surface area (Å²) >= 11 is 0. The van der Waals surface area contributed by atoms with Crippen molar-refractivity contribution >= 4 is 24.8 Å². The van der Waals surface area contributed by atoms with Gasteiger partial charge in [0.1, 0.15) is 0 Å². The SMILES string of the molecule is CCOC(=O)c1cccc(OC)c1NC(=O)C[PH]1(Cc2ccccc2)CCCCC1. The fourth-order valence-electron chi connectivity index (χ4n) is 4.48. The molecule has 1 heterocycles. The first kappa shape index (κ1) is 22.3. The van der Waals surface area contributed by atoms with E-state index in [4.69, 9.17) is 9.47 Å². The molecule has 5 nitrogen and oxygen atoms in total. The molecule has 1 N–H and O–H groups in total. The number of benzene rings is 2. The molecular formula is C24H32NO4P. The van der Waals surface area contributed by atoms with Crippen molar-refractivity contribution in [2.45, 2.75) is 32.3 Å². The summed E-state index contributed by atoms with van der Waals surface area (Å²) in [4.78, 5) is 25.6. The predicted octanol–water partition coefficient (Wildman–Crippen LogP) is 4.94. The predicted molar refractivity (Wildman–Crippen MR) is 124 cm³/mol. The molecule has 0 unspecified atom stereocenters. The third-order valence-corrected chi connectivity index (χ3v) is 10.9. The number of hydrogen-bond donors (Lipinski definition) is 1. The zero-order valence-corrected chi connectivity index (χ0v) is 18.9. The average Bonchev–Trinajstić information content (AvgIpc) is 2.75. The Morgan fingerprint density at radius 2 is 1.73 bits per heavy atom. The van der Waals surface area contributed by atoms with Crippen LogP contribution >= 0.6 is 7.26 Å². The molecule has 2 aromatic carbocycles. The van der Waals surface area contributed by atoms with E-state index >= 15 is 0 Å². The molecule has 0 saturated carbocycles. The Hall–Kier alpha value is -2.39. The maximum absolute atomic E-state index is 13.2. The Morgan fingerprint density at radius 1 is 1.00 bits per heavy atom. The summed E-state index contributed by atoms with van der Waals surface area (Å²) in [6.45, 7) is 2.04. The molecule has 0 atom stereocenters. The number of nitrogens with one attached hydrogen (secondary N) is 1. The van der Waals surface area contributed by atoms with Gasteiger partial charge in [0.05, 0.1) is 0 Å². The Bertz CT molecular complexity index is 863. The van der Waals surface area contributed by atoms with Crippen molar-refractivity contribution in [3.63, 3.8) is 0 Å². The standard InChI is InChI=1S/C24H32NO4P/c1-3-29-24(27)20-13-10-14-21(28-2)23(20)25-22(26)18-30(15-8-5-9-16-30)17-19-11-6-4-7-12-19/h4,6-7,10-14,30H,3,5,8-9,15-18H2,1-2H3,(H,25,26). The van der Waals surface area contributed by atoms with E-state index in [0.717, 1.165) is 6.16 Å². The van der Waals surface area contributed by atoms with Gasteiger partial charge in [-0.05, 0) is 0 Å². The fraction of sp³-hybridized carbons (Fsp3) is 0.417. The van der Waals surface area contributed by atoms with E-state index < -0.39 is 13.2 Å². The van der Waals surface area contributed by atoms with Crippen LogP contribution in [0.3, 0.4) is 0 Å². The zero-order valence-electron chi connectivity index (χ0n) is 17.9. The van der Waals surface area contributed by atoms with Crippen LogP contribution < -0.4 is 10.1 Å². The number of carbonyl (C=O) groups is 2. The Morgan fingerprint density at radius 3 is 2.40 bits per heavy atom. The Balaban J connectivity index is 1.81. The van der Waals surface area contributed by atoms with Crippen LogP contribution in [0.5, 0.6) is 5.75 Å². The van der Waals surface area contributed by atoms with Crippen LogP contribution in [0.1, 0.15) is 42.1 Å². The van der Waals surface area contributed by atoms with Crippen molar-refractivity contribution < 1.29 is 19.1 Å². The van der Waals surface area contributed by atoms with Crippen LogP contribution in [0.25, 0.3) is 0 Å². The second kappa shape index (κ2) is 10.6. The number of para-hydroxylation sites is 1. The minimum absolute atomic E-state index is 0.0328. The molecule has 3 rings (SSSR count). The minimum atomic E-state index is -1.80. The topological polar surface area (TPSA) is 64.6 Å². The van der Waals surface area contributed by atoms with Crippen LogP contribution in [0.2, 0.25) is 0 Å². The van der Waals surface area contributed by atoms with Gasteiger partial charge >= 0.3 is 179 Å². The number of ether oxygens (including phenoxy) is 2. The van der Waals surface area contributed by atoms with E-state index in [1.807, 2.05) is 6.07 Å². The van der Waals surface area contributed by atoms with Crippen LogP contribution in [-0.4, -0.2) is 44.1 Å². The first-order valence-corrected chi connectivity index (χ1v) is 13.6. The van der Waals surface area contributed by atoms with Crippen molar-refractivity contribution in [1.82, 2.24) is 0 Å². The van der Waals surface area contributed by atoms with Crippen molar-refractivity contribution in [1.29, 1.82) is 0 Å². The maximum atomic E-state index is 13.2. The van der Waals surface area contributed by atoms with Crippen LogP contribution in [-0.2, 0) is 15.7 Å². The molecule has 0 aromatic heterocycles. The quantitative estimate of drug-likeness (QED) is 0.477. The Kier molecular flexibility index (Phi) is 7.87. The van der Waals surface area contributed by atoms with Gasteiger partial charge in [-0.3, -0.25) is 0 Å². The number of amides is 1. The summed E-state index contributed by atoms with van der Waals surface area (Å²) in [5.41, 5.74) is 2.05. The molecule has 1 amide bonds. The first-order valence-electron chi connectivity index (χ1n) is 10.7. The van der Waals surface area contributed by atoms with Crippen molar-refractivity contribution in [2.24, 2.45) is 0 Å². The van der Waals surface area contributed by atoms with E-state index in [0.29, 0.717) is 23.2 Å². The number of rotatable bonds is 8. The van der Waals surface area contributed by atoms with Crippen molar-refractivity contribution in [3.05, 3.63) is 59.7 Å². The van der Waals surface area contributed by atoms with Gasteiger partial charge in [-0.2, -0.15) is 0 Å². The molecule has 1 saturated heterocycles. The molecule has 2 aromatic rings. The molecule has 0 aliphatic carbocycles. The van der Waals surface area contributed by atoms with Crippen LogP contribution in [0.4, 0.5) is 5.69 Å². The van der Waals surface area contributed by atoms with Gasteiger partial charge < -0.3 is 0 Å². The summed E-state index contributed by atoms with van der Waals surface area (Å²) in [6, 6.07) is 15.6. The number of esters is 1. The van der Waals surface area contributed by atoms with Crippen molar-refractivity contribution in [3.8, 4) is 5.75 Å². The van der Waals surface area contributed by atoms with Crippen molar-refractivity contribution in [2.75, 3.05) is 37.5 Å². The number of methoxy groups -OCH3 is 1. The molecular weight excluding hydrogens is 397 g/mol. The first-order chi connectivity index (χ1) is 14.6. The molecule has 1 aliphatic heterocycles. The molecule has 1 fully saturated rings. The van der Waals surface area contributed by atoms with Crippen LogP contribution in [0, 0.1) is 0 Å². The van der Waals surface area contributed by atoms with Gasteiger partial charge in [-0.1, -0.05) is 0 Å². The molecule has 30 heavy (non-hydrogen) atoms. The van der Waals surface area contributed by atoms with Gasteiger partial charge in [0.2, 0.25) is 0 Å². The number of hydrogen-bond acceptors (Lipinski definition) is 4. The summed E-state index contributed by atoms with van der Waals surface area (Å²) in [5.74, 6) is -0.0218. The van der Waals surface area contributed by atoms with E-state index in [-0.39, 0.29) is 12.5 Å². The molecule has 162 valence electrons. The summed E-state index contributed by atoms with van der Waals surface area (Å²) in [5, 5.41) is 3.00. The summed E-state index contributed by atoms with van der Waals surface area (Å²) < 4.78 is 10.6. The third-order valence-electron chi connectivity index (χ3n) is 5.88. The Labute approximate surface area is 179 Å². The van der Waals surface area contributed by atoms with E-state index in [1.54, 1.807) is 25.1 Å². The van der Waals surface area contributed by atoms with Crippen LogP contribution in [0.15, 0.2) is 48.5 Å². The number of anilines is 1. The van der Waals surface area contributed by atoms with E-state index in [1.165, 1.54) is 44.3 Å². The van der Waals surface area contributed by atoms with Gasteiger partial charge in [0.15, 0.2) is 0 Å². The third kappa shape index (κ3) is 5.60. The summed E-state index contributed by atoms with van der Waals surface area (Å²) in [6.07, 6.45) is 7.59.